The number of nitrogens with zero attached hydrogens (tertiary/aromatic N) is 1. The molecule has 0 spiro atoms. The van der Waals surface area contributed by atoms with Crippen molar-refractivity contribution in [3.05, 3.63) is 34.6 Å². The van der Waals surface area contributed by atoms with Crippen LogP contribution in [0.1, 0.15) is 30.1 Å². The van der Waals surface area contributed by atoms with Crippen molar-refractivity contribution in [3.8, 4) is 0 Å². The molecule has 1 fully saturated rings. The fourth-order valence-electron chi connectivity index (χ4n) is 2.30. The molecule has 114 valence electrons. The highest BCUT2D eigenvalue weighted by Gasteiger charge is 2.42. The van der Waals surface area contributed by atoms with Crippen LogP contribution < -0.4 is 0 Å². The van der Waals surface area contributed by atoms with Crippen LogP contribution in [0.2, 0.25) is 5.02 Å². The van der Waals surface area contributed by atoms with Crippen molar-refractivity contribution in [2.45, 2.75) is 31.2 Å². The number of carboxylic acid groups (broad SMARTS) is 1. The maximum absolute atomic E-state index is 13.9. The number of carbonyl (C=O) groups is 2. The lowest BCUT2D eigenvalue weighted by Crippen LogP contribution is -2.45. The quantitative estimate of drug-likeness (QED) is 0.920. The lowest BCUT2D eigenvalue weighted by atomic mass is 10.1. The molecule has 0 radical (unpaired) electrons. The summed E-state index contributed by atoms with van der Waals surface area (Å²) in [6, 6.07) is 2.77. The maximum Gasteiger partial charge on any atom is 0.327 e. The predicted octanol–water partition coefficient (Wildman–Crippen LogP) is 3.25. The molecule has 1 N–H and O–H groups in total. The first-order chi connectivity index (χ1) is 9.95. The van der Waals surface area contributed by atoms with E-state index in [0.29, 0.717) is 12.2 Å². The lowest BCUT2D eigenvalue weighted by molar-refractivity contribution is -0.141. The second-order valence-electron chi connectivity index (χ2n) is 4.77. The molecule has 1 aromatic carbocycles. The molecule has 0 saturated carbocycles. The number of carbonyl (C=O) groups excluding carboxylic acids is 1. The van der Waals surface area contributed by atoms with Gasteiger partial charge in [0.15, 0.2) is 0 Å². The molecule has 7 heteroatoms. The molecule has 0 aromatic heterocycles. The molecule has 1 saturated heterocycles. The van der Waals surface area contributed by atoms with E-state index in [1.807, 2.05) is 6.92 Å². The van der Waals surface area contributed by atoms with Gasteiger partial charge in [0.25, 0.3) is 5.91 Å². The number of aliphatic carboxylic acids is 1. The Kier molecular flexibility index (Phi) is 5.11. The van der Waals surface area contributed by atoms with Crippen molar-refractivity contribution in [2.24, 2.45) is 0 Å². The number of rotatable bonds is 4. The molecule has 1 heterocycles. The SMILES string of the molecule is CCCC1SCC(C(=O)O)N1C(=O)c1cc(Cl)ccc1F. The third-order valence-corrected chi connectivity index (χ3v) is 4.90. The molecule has 2 atom stereocenters. The minimum absolute atomic E-state index is 0.183. The van der Waals surface area contributed by atoms with Gasteiger partial charge in [0, 0.05) is 10.8 Å². The number of carboxylic acids is 1. The molecule has 1 aliphatic heterocycles. The third kappa shape index (κ3) is 3.32. The Morgan fingerprint density at radius 2 is 2.24 bits per heavy atom. The second kappa shape index (κ2) is 6.66. The fourth-order valence-corrected chi connectivity index (χ4v) is 3.98. The van der Waals surface area contributed by atoms with E-state index in [2.05, 4.69) is 0 Å². The Labute approximate surface area is 131 Å². The van der Waals surface area contributed by atoms with Crippen LogP contribution in [-0.4, -0.2) is 39.1 Å². The van der Waals surface area contributed by atoms with E-state index in [-0.39, 0.29) is 16.0 Å². The highest BCUT2D eigenvalue weighted by molar-refractivity contribution is 8.00. The Balaban J connectivity index is 2.36. The molecule has 21 heavy (non-hydrogen) atoms. The highest BCUT2D eigenvalue weighted by Crippen LogP contribution is 2.34. The Morgan fingerprint density at radius 3 is 2.86 bits per heavy atom. The van der Waals surface area contributed by atoms with Gasteiger partial charge in [-0.2, -0.15) is 0 Å². The van der Waals surface area contributed by atoms with Gasteiger partial charge in [-0.25, -0.2) is 9.18 Å². The Bertz CT molecular complexity index is 569. The first kappa shape index (κ1) is 16.1. The first-order valence-corrected chi connectivity index (χ1v) is 8.00. The summed E-state index contributed by atoms with van der Waals surface area (Å²) >= 11 is 7.22. The molecular weight excluding hydrogens is 317 g/mol. The zero-order chi connectivity index (χ0) is 15.6. The van der Waals surface area contributed by atoms with E-state index >= 15 is 0 Å². The van der Waals surface area contributed by atoms with Crippen molar-refractivity contribution in [3.63, 3.8) is 0 Å². The largest absolute Gasteiger partial charge is 0.480 e. The summed E-state index contributed by atoms with van der Waals surface area (Å²) in [5.41, 5.74) is -0.183. The number of hydrogen-bond donors (Lipinski definition) is 1. The van der Waals surface area contributed by atoms with Crippen LogP contribution in [0, 0.1) is 5.82 Å². The van der Waals surface area contributed by atoms with Gasteiger partial charge < -0.3 is 10.0 Å². The molecule has 0 bridgehead atoms. The number of thioether (sulfide) groups is 1. The second-order valence-corrected chi connectivity index (χ2v) is 6.41. The van der Waals surface area contributed by atoms with Gasteiger partial charge in [-0.3, -0.25) is 4.79 Å². The van der Waals surface area contributed by atoms with Gasteiger partial charge in [0.2, 0.25) is 0 Å². The van der Waals surface area contributed by atoms with E-state index in [1.165, 1.54) is 28.8 Å². The van der Waals surface area contributed by atoms with Crippen LogP contribution in [0.5, 0.6) is 0 Å². The standard InChI is InChI=1S/C14H15ClFNO3S/c1-2-3-12-17(11(7-21-12)14(19)20)13(18)9-6-8(15)4-5-10(9)16/h4-6,11-12H,2-3,7H2,1H3,(H,19,20). The zero-order valence-corrected chi connectivity index (χ0v) is 13.0. The smallest absolute Gasteiger partial charge is 0.327 e. The van der Waals surface area contributed by atoms with Crippen molar-refractivity contribution in [1.82, 2.24) is 4.90 Å². The summed E-state index contributed by atoms with van der Waals surface area (Å²) < 4.78 is 13.9. The van der Waals surface area contributed by atoms with Crippen molar-refractivity contribution in [1.29, 1.82) is 0 Å². The average Bonchev–Trinajstić information content (AvgIpc) is 2.85. The zero-order valence-electron chi connectivity index (χ0n) is 11.4. The van der Waals surface area contributed by atoms with Crippen molar-refractivity contribution in [2.75, 3.05) is 5.75 Å². The maximum atomic E-state index is 13.9. The summed E-state index contributed by atoms with van der Waals surface area (Å²) in [5, 5.41) is 9.26. The number of halogens is 2. The van der Waals surface area contributed by atoms with E-state index in [4.69, 9.17) is 11.6 Å². The lowest BCUT2D eigenvalue weighted by Gasteiger charge is -2.27. The minimum Gasteiger partial charge on any atom is -0.480 e. The van der Waals surface area contributed by atoms with Gasteiger partial charge >= 0.3 is 5.97 Å². The molecular formula is C14H15ClFNO3S. The van der Waals surface area contributed by atoms with E-state index in [1.54, 1.807) is 0 Å². The fraction of sp³-hybridized carbons (Fsp3) is 0.429. The molecule has 2 rings (SSSR count). The van der Waals surface area contributed by atoms with Crippen LogP contribution in [0.3, 0.4) is 0 Å². The van der Waals surface area contributed by atoms with E-state index in [9.17, 15) is 19.1 Å². The topological polar surface area (TPSA) is 57.6 Å². The van der Waals surface area contributed by atoms with Crippen LogP contribution in [0.25, 0.3) is 0 Å². The monoisotopic (exact) mass is 331 g/mol. The van der Waals surface area contributed by atoms with Gasteiger partial charge in [-0.1, -0.05) is 24.9 Å². The minimum atomic E-state index is -1.07. The molecule has 0 aliphatic carbocycles. The molecule has 4 nitrogen and oxygen atoms in total. The Hall–Kier alpha value is -1.27. The Morgan fingerprint density at radius 1 is 1.52 bits per heavy atom. The van der Waals surface area contributed by atoms with Crippen LogP contribution >= 0.6 is 23.4 Å². The molecule has 1 amide bonds. The summed E-state index contributed by atoms with van der Waals surface area (Å²) in [4.78, 5) is 25.2. The van der Waals surface area contributed by atoms with Gasteiger partial charge in [-0.05, 0) is 24.6 Å². The highest BCUT2D eigenvalue weighted by atomic mass is 35.5. The molecule has 2 unspecified atom stereocenters. The van der Waals surface area contributed by atoms with E-state index in [0.717, 1.165) is 12.5 Å². The summed E-state index contributed by atoms with van der Waals surface area (Å²) in [7, 11) is 0. The van der Waals surface area contributed by atoms with Gasteiger partial charge in [0.1, 0.15) is 11.9 Å². The summed E-state index contributed by atoms with van der Waals surface area (Å²) in [6.07, 6.45) is 1.48. The van der Waals surface area contributed by atoms with Crippen molar-refractivity contribution < 1.29 is 19.1 Å². The van der Waals surface area contributed by atoms with Gasteiger partial charge in [-0.15, -0.1) is 11.8 Å². The summed E-state index contributed by atoms with van der Waals surface area (Å²) in [5.74, 6) is -2.07. The first-order valence-electron chi connectivity index (χ1n) is 6.57. The molecule has 1 aromatic rings. The molecule has 1 aliphatic rings. The average molecular weight is 332 g/mol. The van der Waals surface area contributed by atoms with Gasteiger partial charge in [0.05, 0.1) is 10.9 Å². The number of benzene rings is 1. The number of amides is 1. The van der Waals surface area contributed by atoms with Crippen LogP contribution in [0.4, 0.5) is 4.39 Å². The number of hydrogen-bond acceptors (Lipinski definition) is 3. The van der Waals surface area contributed by atoms with E-state index < -0.39 is 23.7 Å². The van der Waals surface area contributed by atoms with Crippen molar-refractivity contribution >= 4 is 35.2 Å². The normalized spacial score (nSPS) is 21.6. The van der Waals surface area contributed by atoms with Crippen LogP contribution in [-0.2, 0) is 4.79 Å². The third-order valence-electron chi connectivity index (χ3n) is 3.31. The summed E-state index contributed by atoms with van der Waals surface area (Å²) in [6.45, 7) is 1.96. The predicted molar refractivity (Wildman–Crippen MR) is 80.2 cm³/mol. The van der Waals surface area contributed by atoms with Crippen LogP contribution in [0.15, 0.2) is 18.2 Å².